The van der Waals surface area contributed by atoms with Crippen LogP contribution in [0.5, 0.6) is 0 Å². The highest BCUT2D eigenvalue weighted by molar-refractivity contribution is 8.26. The molecule has 6 heteroatoms. The Morgan fingerprint density at radius 3 is 2.06 bits per heavy atom. The van der Waals surface area contributed by atoms with Crippen molar-refractivity contribution in [2.24, 2.45) is 0 Å². The van der Waals surface area contributed by atoms with Crippen LogP contribution < -0.4 is 4.90 Å². The molecule has 2 aliphatic heterocycles. The number of thioether (sulfide) groups is 2. The quantitative estimate of drug-likeness (QED) is 0.185. The molecule has 0 saturated carbocycles. The second-order valence-electron chi connectivity index (χ2n) is 8.32. The largest absolute Gasteiger partial charge is 0.335 e. The van der Waals surface area contributed by atoms with Gasteiger partial charge in [-0.15, -0.1) is 0 Å². The Balaban J connectivity index is 1.47. The molecule has 3 aromatic rings. The van der Waals surface area contributed by atoms with Gasteiger partial charge in [0.05, 0.1) is 15.6 Å². The lowest BCUT2D eigenvalue weighted by molar-refractivity contribution is -0.122. The number of benzene rings is 3. The van der Waals surface area contributed by atoms with Crippen LogP contribution in [0.3, 0.4) is 0 Å². The molecule has 180 valence electrons. The van der Waals surface area contributed by atoms with Crippen LogP contribution in [0.1, 0.15) is 30.5 Å². The molecule has 0 aliphatic carbocycles. The molecule has 0 aromatic heterocycles. The molecular weight excluding hydrogens is 501 g/mol. The summed E-state index contributed by atoms with van der Waals surface area (Å²) in [5, 5.41) is 1.11. The molecule has 0 radical (unpaired) electrons. The fourth-order valence-corrected chi connectivity index (χ4v) is 6.83. The average Bonchev–Trinajstić information content (AvgIpc) is 3.41. The van der Waals surface area contributed by atoms with Crippen molar-refractivity contribution < 1.29 is 4.79 Å². The van der Waals surface area contributed by atoms with Gasteiger partial charge in [-0.05, 0) is 66.5 Å². The van der Waals surface area contributed by atoms with Gasteiger partial charge in [-0.1, -0.05) is 102 Å². The van der Waals surface area contributed by atoms with Gasteiger partial charge < -0.3 is 4.90 Å². The SMILES string of the molecule is CCN1C(=O)C(=CC=C2Sc3cc(C=C(c4ccccc4)c4ccccc4)ccc3N2CC)SC1=S. The van der Waals surface area contributed by atoms with Crippen LogP contribution in [-0.4, -0.2) is 28.2 Å². The van der Waals surface area contributed by atoms with E-state index < -0.39 is 0 Å². The minimum atomic E-state index is -0.00492. The predicted octanol–water partition coefficient (Wildman–Crippen LogP) is 7.81. The van der Waals surface area contributed by atoms with E-state index >= 15 is 0 Å². The van der Waals surface area contributed by atoms with E-state index in [-0.39, 0.29) is 5.91 Å². The Kier molecular flexibility index (Phi) is 7.46. The Morgan fingerprint density at radius 1 is 0.833 bits per heavy atom. The van der Waals surface area contributed by atoms with Crippen molar-refractivity contribution in [2.75, 3.05) is 18.0 Å². The number of hydrogen-bond donors (Lipinski definition) is 0. The topological polar surface area (TPSA) is 23.6 Å². The number of nitrogens with zero attached hydrogens (tertiary/aromatic N) is 2. The molecule has 3 aromatic carbocycles. The summed E-state index contributed by atoms with van der Waals surface area (Å²) in [5.41, 5.74) is 5.93. The first-order valence-corrected chi connectivity index (χ1v) is 14.0. The summed E-state index contributed by atoms with van der Waals surface area (Å²) in [6, 6.07) is 27.7. The van der Waals surface area contributed by atoms with Gasteiger partial charge >= 0.3 is 0 Å². The monoisotopic (exact) mass is 526 g/mol. The lowest BCUT2D eigenvalue weighted by Crippen LogP contribution is -2.27. The van der Waals surface area contributed by atoms with E-state index in [1.807, 2.05) is 31.2 Å². The van der Waals surface area contributed by atoms with Crippen LogP contribution in [0.25, 0.3) is 11.6 Å². The van der Waals surface area contributed by atoms with Crippen molar-refractivity contribution in [1.82, 2.24) is 4.90 Å². The molecule has 1 saturated heterocycles. The molecule has 0 N–H and O–H groups in total. The first kappa shape index (κ1) is 24.6. The zero-order chi connectivity index (χ0) is 25.1. The van der Waals surface area contributed by atoms with E-state index in [1.165, 1.54) is 39.0 Å². The van der Waals surface area contributed by atoms with Crippen LogP contribution >= 0.6 is 35.7 Å². The van der Waals surface area contributed by atoms with Gasteiger partial charge in [0.15, 0.2) is 0 Å². The van der Waals surface area contributed by atoms with Crippen LogP contribution in [0.4, 0.5) is 5.69 Å². The number of anilines is 1. The van der Waals surface area contributed by atoms with Crippen molar-refractivity contribution in [2.45, 2.75) is 18.7 Å². The predicted molar refractivity (Wildman–Crippen MR) is 159 cm³/mol. The first-order valence-electron chi connectivity index (χ1n) is 12.0. The summed E-state index contributed by atoms with van der Waals surface area (Å²) in [5.74, 6) is -0.00492. The second kappa shape index (κ2) is 10.9. The average molecular weight is 527 g/mol. The molecule has 2 heterocycles. The van der Waals surface area contributed by atoms with E-state index in [4.69, 9.17) is 12.2 Å². The number of thiocarbonyl (C=S) groups is 1. The number of hydrogen-bond acceptors (Lipinski definition) is 5. The molecule has 0 atom stereocenters. The van der Waals surface area contributed by atoms with Crippen molar-refractivity contribution in [1.29, 1.82) is 0 Å². The lowest BCUT2D eigenvalue weighted by atomic mass is 9.96. The third-order valence-corrected chi connectivity index (χ3v) is 8.63. The fourth-order valence-electron chi connectivity index (χ4n) is 4.33. The van der Waals surface area contributed by atoms with Gasteiger partial charge in [-0.2, -0.15) is 0 Å². The number of carbonyl (C=O) groups is 1. The number of fused-ring (bicyclic) bond motifs is 1. The summed E-state index contributed by atoms with van der Waals surface area (Å²) < 4.78 is 0.630. The number of amides is 1. The summed E-state index contributed by atoms with van der Waals surface area (Å²) in [6.07, 6.45) is 6.22. The Bertz CT molecular complexity index is 1350. The third kappa shape index (κ3) is 4.94. The fraction of sp³-hybridized carbons (Fsp3) is 0.133. The van der Waals surface area contributed by atoms with E-state index in [0.29, 0.717) is 15.8 Å². The van der Waals surface area contributed by atoms with Gasteiger partial charge in [0.2, 0.25) is 0 Å². The highest BCUT2D eigenvalue weighted by atomic mass is 32.2. The van der Waals surface area contributed by atoms with Crippen LogP contribution in [-0.2, 0) is 4.79 Å². The molecule has 2 aliphatic rings. The van der Waals surface area contributed by atoms with Crippen molar-refractivity contribution in [3.8, 4) is 0 Å². The Hall–Kier alpha value is -3.06. The van der Waals surface area contributed by atoms with E-state index in [0.717, 1.165) is 17.1 Å². The van der Waals surface area contributed by atoms with Gasteiger partial charge in [0, 0.05) is 18.0 Å². The number of carbonyl (C=O) groups excluding carboxylic acids is 1. The molecule has 0 unspecified atom stereocenters. The molecule has 3 nitrogen and oxygen atoms in total. The Labute approximate surface area is 226 Å². The number of rotatable bonds is 6. The van der Waals surface area contributed by atoms with Crippen LogP contribution in [0.2, 0.25) is 0 Å². The summed E-state index contributed by atoms with van der Waals surface area (Å²) >= 11 is 8.47. The van der Waals surface area contributed by atoms with Crippen molar-refractivity contribution in [3.63, 3.8) is 0 Å². The summed E-state index contributed by atoms with van der Waals surface area (Å²) in [6.45, 7) is 5.55. The van der Waals surface area contributed by atoms with Crippen molar-refractivity contribution in [3.05, 3.63) is 118 Å². The third-order valence-electron chi connectivity index (χ3n) is 6.12. The maximum Gasteiger partial charge on any atom is 0.266 e. The maximum absolute atomic E-state index is 12.6. The normalized spacial score (nSPS) is 17.3. The zero-order valence-corrected chi connectivity index (χ0v) is 22.6. The molecule has 0 bridgehead atoms. The molecule has 0 spiro atoms. The van der Waals surface area contributed by atoms with Crippen LogP contribution in [0, 0.1) is 0 Å². The molecule has 36 heavy (non-hydrogen) atoms. The van der Waals surface area contributed by atoms with Gasteiger partial charge in [-0.3, -0.25) is 9.69 Å². The van der Waals surface area contributed by atoms with Gasteiger partial charge in [-0.25, -0.2) is 0 Å². The second-order valence-corrected chi connectivity index (χ2v) is 11.1. The zero-order valence-electron chi connectivity index (χ0n) is 20.2. The highest BCUT2D eigenvalue weighted by Crippen LogP contribution is 2.47. The number of allylic oxidation sites excluding steroid dienone is 2. The summed E-state index contributed by atoms with van der Waals surface area (Å²) in [4.78, 5) is 18.4. The van der Waals surface area contributed by atoms with Gasteiger partial charge in [0.1, 0.15) is 4.32 Å². The van der Waals surface area contributed by atoms with Crippen LogP contribution in [0.15, 0.2) is 106 Å². The molecular formula is C30H26N2OS3. The minimum Gasteiger partial charge on any atom is -0.335 e. The maximum atomic E-state index is 12.6. The smallest absolute Gasteiger partial charge is 0.266 e. The van der Waals surface area contributed by atoms with E-state index in [2.05, 4.69) is 84.6 Å². The standard InChI is InChI=1S/C30H26N2OS3/c1-3-31-25-16-15-21(19-24(22-11-7-5-8-12-22)23-13-9-6-10-14-23)20-27(25)35-28(31)18-17-26-29(33)32(4-2)30(34)36-26/h5-20H,3-4H2,1-2H3. The molecule has 1 fully saturated rings. The summed E-state index contributed by atoms with van der Waals surface area (Å²) in [7, 11) is 0. The Morgan fingerprint density at radius 2 is 1.47 bits per heavy atom. The first-order chi connectivity index (χ1) is 17.6. The highest BCUT2D eigenvalue weighted by Gasteiger charge is 2.30. The van der Waals surface area contributed by atoms with E-state index in [9.17, 15) is 4.79 Å². The minimum absolute atomic E-state index is 0.00492. The lowest BCUT2D eigenvalue weighted by Gasteiger charge is -2.17. The molecule has 1 amide bonds. The van der Waals surface area contributed by atoms with Gasteiger partial charge in [0.25, 0.3) is 5.91 Å². The van der Waals surface area contributed by atoms with Crippen molar-refractivity contribution >= 4 is 63.3 Å². The van der Waals surface area contributed by atoms with E-state index in [1.54, 1.807) is 16.7 Å². The number of likely N-dealkylation sites (N-methyl/N-ethyl adjacent to an activating group) is 1. The molecule has 5 rings (SSSR count).